The standard InChI is InChI=1S/C13H10BrClF2N2/c14-11-3-1-7(16)5-9(11)13(19-18)10-6-8(17)2-4-12(10)15/h1-6,13,19H,18H2. The van der Waals surface area contributed by atoms with Gasteiger partial charge in [0, 0.05) is 9.50 Å². The van der Waals surface area contributed by atoms with E-state index in [-0.39, 0.29) is 0 Å². The predicted molar refractivity (Wildman–Crippen MR) is 74.7 cm³/mol. The minimum atomic E-state index is -0.617. The molecule has 0 aliphatic heterocycles. The van der Waals surface area contributed by atoms with Crippen LogP contribution in [0.25, 0.3) is 0 Å². The number of nitrogens with two attached hydrogens (primary N) is 1. The molecule has 0 bridgehead atoms. The van der Waals surface area contributed by atoms with E-state index in [1.54, 1.807) is 6.07 Å². The molecule has 2 rings (SSSR count). The monoisotopic (exact) mass is 346 g/mol. The Balaban J connectivity index is 2.55. The van der Waals surface area contributed by atoms with E-state index in [2.05, 4.69) is 21.4 Å². The van der Waals surface area contributed by atoms with E-state index in [4.69, 9.17) is 17.4 Å². The number of rotatable bonds is 3. The molecule has 0 fully saturated rings. The molecule has 0 radical (unpaired) electrons. The lowest BCUT2D eigenvalue weighted by atomic mass is 9.99. The van der Waals surface area contributed by atoms with Gasteiger partial charge in [-0.15, -0.1) is 0 Å². The van der Waals surface area contributed by atoms with Crippen molar-refractivity contribution in [3.63, 3.8) is 0 Å². The van der Waals surface area contributed by atoms with Crippen LogP contribution in [0.15, 0.2) is 40.9 Å². The lowest BCUT2D eigenvalue weighted by molar-refractivity contribution is 0.593. The average molecular weight is 348 g/mol. The summed E-state index contributed by atoms with van der Waals surface area (Å²) in [5.41, 5.74) is 3.50. The molecule has 1 atom stereocenters. The number of benzene rings is 2. The Morgan fingerprint density at radius 3 is 2.26 bits per heavy atom. The quantitative estimate of drug-likeness (QED) is 0.652. The average Bonchev–Trinajstić information content (AvgIpc) is 2.38. The molecule has 0 aliphatic carbocycles. The molecule has 0 amide bonds. The van der Waals surface area contributed by atoms with E-state index in [0.29, 0.717) is 20.6 Å². The molecule has 2 nitrogen and oxygen atoms in total. The van der Waals surface area contributed by atoms with Crippen LogP contribution in [0.4, 0.5) is 8.78 Å². The largest absolute Gasteiger partial charge is 0.271 e. The van der Waals surface area contributed by atoms with Crippen molar-refractivity contribution in [1.82, 2.24) is 5.43 Å². The van der Waals surface area contributed by atoms with Crippen LogP contribution >= 0.6 is 27.5 Å². The highest BCUT2D eigenvalue weighted by Gasteiger charge is 2.19. The second-order valence-electron chi connectivity index (χ2n) is 3.93. The zero-order valence-electron chi connectivity index (χ0n) is 9.63. The molecule has 3 N–H and O–H groups in total. The Kier molecular flexibility index (Phi) is 4.52. The van der Waals surface area contributed by atoms with Crippen LogP contribution in [0.2, 0.25) is 5.02 Å². The summed E-state index contributed by atoms with van der Waals surface area (Å²) in [5, 5.41) is 0.348. The highest BCUT2D eigenvalue weighted by atomic mass is 79.9. The molecular weight excluding hydrogens is 338 g/mol. The van der Waals surface area contributed by atoms with Gasteiger partial charge in [0.1, 0.15) is 11.6 Å². The smallest absolute Gasteiger partial charge is 0.123 e. The lowest BCUT2D eigenvalue weighted by Gasteiger charge is -2.19. The van der Waals surface area contributed by atoms with E-state index in [1.165, 1.54) is 30.3 Å². The summed E-state index contributed by atoms with van der Waals surface area (Å²) in [7, 11) is 0. The van der Waals surface area contributed by atoms with Gasteiger partial charge in [-0.2, -0.15) is 0 Å². The highest BCUT2D eigenvalue weighted by Crippen LogP contribution is 2.32. The maximum atomic E-state index is 13.3. The van der Waals surface area contributed by atoms with Gasteiger partial charge in [0.05, 0.1) is 6.04 Å². The topological polar surface area (TPSA) is 38.0 Å². The Labute approximate surface area is 122 Å². The second-order valence-corrected chi connectivity index (χ2v) is 5.19. The molecule has 2 aromatic rings. The number of nitrogens with one attached hydrogen (secondary N) is 1. The number of halogens is 4. The van der Waals surface area contributed by atoms with Crippen molar-refractivity contribution in [2.45, 2.75) is 6.04 Å². The van der Waals surface area contributed by atoms with Gasteiger partial charge in [0.2, 0.25) is 0 Å². The van der Waals surface area contributed by atoms with Crippen molar-refractivity contribution in [2.24, 2.45) is 5.84 Å². The first-order chi connectivity index (χ1) is 9.02. The molecule has 2 aromatic carbocycles. The summed E-state index contributed by atoms with van der Waals surface area (Å²) in [6.07, 6.45) is 0. The van der Waals surface area contributed by atoms with Crippen LogP contribution in [0.1, 0.15) is 17.2 Å². The maximum Gasteiger partial charge on any atom is 0.123 e. The van der Waals surface area contributed by atoms with Crippen LogP contribution in [0, 0.1) is 11.6 Å². The van der Waals surface area contributed by atoms with Crippen molar-refractivity contribution >= 4 is 27.5 Å². The summed E-state index contributed by atoms with van der Waals surface area (Å²) in [6, 6.07) is 7.52. The Morgan fingerprint density at radius 2 is 1.63 bits per heavy atom. The van der Waals surface area contributed by atoms with E-state index in [9.17, 15) is 8.78 Å². The Hall–Kier alpha value is -1.01. The molecular formula is C13H10BrClF2N2. The van der Waals surface area contributed by atoms with Gasteiger partial charge in [-0.05, 0) is 47.5 Å². The van der Waals surface area contributed by atoms with Gasteiger partial charge in [0.15, 0.2) is 0 Å². The zero-order valence-corrected chi connectivity index (χ0v) is 12.0. The molecule has 0 spiro atoms. The van der Waals surface area contributed by atoms with E-state index >= 15 is 0 Å². The van der Waals surface area contributed by atoms with Crippen LogP contribution < -0.4 is 11.3 Å². The molecule has 6 heteroatoms. The Bertz CT molecular complexity index is 556. The molecule has 0 aromatic heterocycles. The maximum absolute atomic E-state index is 13.3. The summed E-state index contributed by atoms with van der Waals surface area (Å²) in [4.78, 5) is 0. The molecule has 0 saturated carbocycles. The van der Waals surface area contributed by atoms with Crippen molar-refractivity contribution in [3.05, 3.63) is 68.7 Å². The number of hydrogen-bond donors (Lipinski definition) is 2. The summed E-state index contributed by atoms with van der Waals surface area (Å²) < 4.78 is 27.3. The second kappa shape index (κ2) is 5.96. The van der Waals surface area contributed by atoms with E-state index in [0.717, 1.165) is 0 Å². The van der Waals surface area contributed by atoms with Crippen molar-refractivity contribution in [2.75, 3.05) is 0 Å². The van der Waals surface area contributed by atoms with Crippen molar-refractivity contribution < 1.29 is 8.78 Å². The van der Waals surface area contributed by atoms with Gasteiger partial charge in [-0.3, -0.25) is 5.84 Å². The third-order valence-electron chi connectivity index (χ3n) is 2.70. The molecule has 0 saturated heterocycles. The lowest BCUT2D eigenvalue weighted by Crippen LogP contribution is -2.29. The first-order valence-electron chi connectivity index (χ1n) is 5.39. The van der Waals surface area contributed by atoms with Gasteiger partial charge in [-0.25, -0.2) is 14.2 Å². The molecule has 0 heterocycles. The van der Waals surface area contributed by atoms with Gasteiger partial charge >= 0.3 is 0 Å². The number of hydrazine groups is 1. The molecule has 19 heavy (non-hydrogen) atoms. The van der Waals surface area contributed by atoms with Gasteiger partial charge in [0.25, 0.3) is 0 Å². The van der Waals surface area contributed by atoms with Crippen molar-refractivity contribution in [1.29, 1.82) is 0 Å². The summed E-state index contributed by atoms with van der Waals surface area (Å²) >= 11 is 9.35. The molecule has 0 aliphatic rings. The normalized spacial score (nSPS) is 12.5. The van der Waals surface area contributed by atoms with Crippen molar-refractivity contribution in [3.8, 4) is 0 Å². The summed E-state index contributed by atoms with van der Waals surface area (Å²) in [5.74, 6) is 4.65. The SMILES string of the molecule is NNC(c1cc(F)ccc1Cl)c1cc(F)ccc1Br. The van der Waals surface area contributed by atoms with E-state index in [1.807, 2.05) is 0 Å². The Morgan fingerprint density at radius 1 is 1.05 bits per heavy atom. The molecule has 100 valence electrons. The third kappa shape index (κ3) is 3.12. The fraction of sp³-hybridized carbons (Fsp3) is 0.0769. The summed E-state index contributed by atoms with van der Waals surface area (Å²) in [6.45, 7) is 0. The van der Waals surface area contributed by atoms with Crippen LogP contribution in [0.5, 0.6) is 0 Å². The van der Waals surface area contributed by atoms with Crippen LogP contribution in [0.3, 0.4) is 0 Å². The first-order valence-corrected chi connectivity index (χ1v) is 6.56. The third-order valence-corrected chi connectivity index (χ3v) is 3.77. The highest BCUT2D eigenvalue weighted by molar-refractivity contribution is 9.10. The fourth-order valence-electron chi connectivity index (χ4n) is 1.82. The minimum absolute atomic E-state index is 0.348. The zero-order chi connectivity index (χ0) is 14.0. The molecule has 1 unspecified atom stereocenters. The predicted octanol–water partition coefficient (Wildman–Crippen LogP) is 3.93. The fourth-order valence-corrected chi connectivity index (χ4v) is 2.52. The van der Waals surface area contributed by atoms with Gasteiger partial charge < -0.3 is 0 Å². The van der Waals surface area contributed by atoms with Gasteiger partial charge in [-0.1, -0.05) is 27.5 Å². The van der Waals surface area contributed by atoms with Crippen LogP contribution in [-0.2, 0) is 0 Å². The number of hydrogen-bond acceptors (Lipinski definition) is 2. The first kappa shape index (κ1) is 14.4. The van der Waals surface area contributed by atoms with E-state index < -0.39 is 17.7 Å². The minimum Gasteiger partial charge on any atom is -0.271 e. The van der Waals surface area contributed by atoms with Crippen LogP contribution in [-0.4, -0.2) is 0 Å².